The normalized spacial score (nSPS) is 23.7. The Kier molecular flexibility index (Phi) is 10.1. The molecule has 0 aromatic carbocycles. The van der Waals surface area contributed by atoms with Crippen LogP contribution >= 0.6 is 35.7 Å². The van der Waals surface area contributed by atoms with E-state index in [9.17, 15) is 0 Å². The first-order valence-corrected chi connectivity index (χ1v) is 9.55. The predicted molar refractivity (Wildman–Crippen MR) is 110 cm³/mol. The fraction of sp³-hybridized carbons (Fsp3) is 0.938. The van der Waals surface area contributed by atoms with Crippen molar-refractivity contribution >= 4 is 41.7 Å². The Bertz CT molecular complexity index is 332. The topological polar surface area (TPSA) is 30.9 Å². The molecule has 1 unspecified atom stereocenters. The van der Waals surface area contributed by atoms with Gasteiger partial charge in [0.2, 0.25) is 0 Å². The van der Waals surface area contributed by atoms with Crippen LogP contribution in [-0.2, 0) is 0 Å². The summed E-state index contributed by atoms with van der Waals surface area (Å²) in [6.45, 7) is 11.8. The molecule has 2 aliphatic heterocycles. The first kappa shape index (κ1) is 20.4. The third-order valence-corrected chi connectivity index (χ3v) is 6.02. The number of likely N-dealkylation sites (tertiary alicyclic amines) is 1. The molecule has 0 aromatic heterocycles. The molecule has 1 N–H and O–H groups in total. The van der Waals surface area contributed by atoms with Gasteiger partial charge in [0, 0.05) is 37.7 Å². The van der Waals surface area contributed by atoms with Crippen molar-refractivity contribution in [3.63, 3.8) is 0 Å². The third-order valence-electron chi connectivity index (χ3n) is 4.48. The van der Waals surface area contributed by atoms with Crippen LogP contribution in [0, 0.1) is 5.92 Å². The molecule has 0 spiro atoms. The molecule has 0 aromatic rings. The molecule has 2 rings (SSSR count). The zero-order valence-corrected chi connectivity index (χ0v) is 17.5. The zero-order chi connectivity index (χ0) is 15.1. The van der Waals surface area contributed by atoms with Gasteiger partial charge in [-0.3, -0.25) is 4.99 Å². The van der Waals surface area contributed by atoms with Crippen LogP contribution in [0.1, 0.15) is 33.1 Å². The van der Waals surface area contributed by atoms with E-state index in [1.165, 1.54) is 44.6 Å². The van der Waals surface area contributed by atoms with Crippen LogP contribution in [0.3, 0.4) is 0 Å². The molecule has 0 amide bonds. The average molecular weight is 440 g/mol. The minimum absolute atomic E-state index is 0. The van der Waals surface area contributed by atoms with Gasteiger partial charge in [-0.15, -0.1) is 24.0 Å². The summed E-state index contributed by atoms with van der Waals surface area (Å²) in [6, 6.07) is 0. The fourth-order valence-corrected chi connectivity index (χ4v) is 4.41. The highest BCUT2D eigenvalue weighted by molar-refractivity contribution is 14.0. The highest BCUT2D eigenvalue weighted by atomic mass is 127. The van der Waals surface area contributed by atoms with Crippen LogP contribution in [0.25, 0.3) is 0 Å². The number of thioether (sulfide) groups is 1. The second kappa shape index (κ2) is 11.0. The molecular formula is C16H33IN4S. The fourth-order valence-electron chi connectivity index (χ4n) is 3.11. The Morgan fingerprint density at radius 2 is 2.00 bits per heavy atom. The monoisotopic (exact) mass is 440 g/mol. The van der Waals surface area contributed by atoms with Gasteiger partial charge in [0.05, 0.1) is 0 Å². The second-order valence-electron chi connectivity index (χ2n) is 6.48. The number of halogens is 1. The van der Waals surface area contributed by atoms with Crippen molar-refractivity contribution in [3.8, 4) is 0 Å². The Hall–Kier alpha value is 0.310. The molecule has 130 valence electrons. The largest absolute Gasteiger partial charge is 0.356 e. The maximum absolute atomic E-state index is 4.48. The quantitative estimate of drug-likeness (QED) is 0.308. The zero-order valence-electron chi connectivity index (χ0n) is 14.4. The highest BCUT2D eigenvalue weighted by Gasteiger charge is 2.24. The SMILES string of the molecule is CN=C(NCCCN1CCCC1)N1CCSC(C(C)C)C1.I. The Morgan fingerprint density at radius 1 is 1.27 bits per heavy atom. The molecule has 4 nitrogen and oxygen atoms in total. The lowest BCUT2D eigenvalue weighted by Crippen LogP contribution is -2.49. The van der Waals surface area contributed by atoms with Crippen molar-refractivity contribution in [2.24, 2.45) is 10.9 Å². The van der Waals surface area contributed by atoms with Crippen LogP contribution in [0.4, 0.5) is 0 Å². The van der Waals surface area contributed by atoms with Crippen molar-refractivity contribution in [2.45, 2.75) is 38.4 Å². The van der Waals surface area contributed by atoms with Crippen LogP contribution in [0.15, 0.2) is 4.99 Å². The van der Waals surface area contributed by atoms with Gasteiger partial charge in [-0.05, 0) is 44.8 Å². The van der Waals surface area contributed by atoms with Gasteiger partial charge < -0.3 is 15.1 Å². The summed E-state index contributed by atoms with van der Waals surface area (Å²) in [7, 11) is 1.91. The van der Waals surface area contributed by atoms with E-state index in [1.54, 1.807) is 0 Å². The van der Waals surface area contributed by atoms with E-state index in [1.807, 2.05) is 7.05 Å². The number of hydrogen-bond donors (Lipinski definition) is 1. The Balaban J connectivity index is 0.00000242. The molecule has 22 heavy (non-hydrogen) atoms. The molecule has 1 atom stereocenters. The van der Waals surface area contributed by atoms with E-state index >= 15 is 0 Å². The summed E-state index contributed by atoms with van der Waals surface area (Å²) in [4.78, 5) is 9.51. The van der Waals surface area contributed by atoms with Crippen molar-refractivity contribution < 1.29 is 0 Å². The van der Waals surface area contributed by atoms with Gasteiger partial charge in [-0.25, -0.2) is 0 Å². The van der Waals surface area contributed by atoms with Gasteiger partial charge in [0.15, 0.2) is 5.96 Å². The molecular weight excluding hydrogens is 407 g/mol. The lowest BCUT2D eigenvalue weighted by atomic mass is 10.1. The molecule has 0 bridgehead atoms. The van der Waals surface area contributed by atoms with E-state index in [0.29, 0.717) is 0 Å². The minimum Gasteiger partial charge on any atom is -0.356 e. The summed E-state index contributed by atoms with van der Waals surface area (Å²) in [5, 5.41) is 4.30. The number of nitrogens with zero attached hydrogens (tertiary/aromatic N) is 3. The van der Waals surface area contributed by atoms with Crippen molar-refractivity contribution in [1.82, 2.24) is 15.1 Å². The summed E-state index contributed by atoms with van der Waals surface area (Å²) in [5.41, 5.74) is 0. The number of guanidine groups is 1. The van der Waals surface area contributed by atoms with E-state index in [-0.39, 0.29) is 24.0 Å². The summed E-state index contributed by atoms with van der Waals surface area (Å²) in [5.74, 6) is 3.06. The van der Waals surface area contributed by atoms with Crippen molar-refractivity contribution in [2.75, 3.05) is 52.1 Å². The van der Waals surface area contributed by atoms with Crippen LogP contribution in [-0.4, -0.2) is 73.1 Å². The third kappa shape index (κ3) is 6.43. The van der Waals surface area contributed by atoms with Crippen LogP contribution in [0.2, 0.25) is 0 Å². The lowest BCUT2D eigenvalue weighted by molar-refractivity contribution is 0.331. The van der Waals surface area contributed by atoms with E-state index in [4.69, 9.17) is 0 Å². The molecule has 2 heterocycles. The summed E-state index contributed by atoms with van der Waals surface area (Å²) in [6.07, 6.45) is 3.99. The predicted octanol–water partition coefficient (Wildman–Crippen LogP) is 2.74. The van der Waals surface area contributed by atoms with Gasteiger partial charge >= 0.3 is 0 Å². The highest BCUT2D eigenvalue weighted by Crippen LogP contribution is 2.24. The molecule has 2 aliphatic rings. The molecule has 2 fully saturated rings. The smallest absolute Gasteiger partial charge is 0.193 e. The maximum Gasteiger partial charge on any atom is 0.193 e. The molecule has 0 saturated carbocycles. The summed E-state index contributed by atoms with van der Waals surface area (Å²) < 4.78 is 0. The van der Waals surface area contributed by atoms with Crippen molar-refractivity contribution in [1.29, 1.82) is 0 Å². The van der Waals surface area contributed by atoms with Crippen LogP contribution in [0.5, 0.6) is 0 Å². The summed E-state index contributed by atoms with van der Waals surface area (Å²) >= 11 is 2.12. The second-order valence-corrected chi connectivity index (χ2v) is 7.82. The number of nitrogens with one attached hydrogen (secondary N) is 1. The lowest BCUT2D eigenvalue weighted by Gasteiger charge is -2.36. The van der Waals surface area contributed by atoms with Crippen molar-refractivity contribution in [3.05, 3.63) is 0 Å². The average Bonchev–Trinajstić information content (AvgIpc) is 3.01. The standard InChI is InChI=1S/C16H32N4S.HI/c1-14(2)15-13-20(11-12-21-15)16(17-3)18-7-6-10-19-8-4-5-9-19;/h14-15H,4-13H2,1-3H3,(H,17,18);1H. The Morgan fingerprint density at radius 3 is 2.64 bits per heavy atom. The molecule has 0 radical (unpaired) electrons. The molecule has 0 aliphatic carbocycles. The van der Waals surface area contributed by atoms with E-state index in [0.717, 1.165) is 36.8 Å². The van der Waals surface area contributed by atoms with Gasteiger partial charge in [0.1, 0.15) is 0 Å². The maximum atomic E-state index is 4.48. The van der Waals surface area contributed by atoms with E-state index < -0.39 is 0 Å². The van der Waals surface area contributed by atoms with Gasteiger partial charge in [-0.1, -0.05) is 13.8 Å². The first-order valence-electron chi connectivity index (χ1n) is 8.50. The van der Waals surface area contributed by atoms with Gasteiger partial charge in [-0.2, -0.15) is 11.8 Å². The molecule has 6 heteroatoms. The van der Waals surface area contributed by atoms with Crippen LogP contribution < -0.4 is 5.32 Å². The number of aliphatic imine (C=N–C) groups is 1. The van der Waals surface area contributed by atoms with Gasteiger partial charge in [0.25, 0.3) is 0 Å². The number of hydrogen-bond acceptors (Lipinski definition) is 3. The minimum atomic E-state index is 0. The number of rotatable bonds is 5. The first-order chi connectivity index (χ1) is 10.2. The Labute approximate surface area is 157 Å². The molecule has 2 saturated heterocycles. The van der Waals surface area contributed by atoms with E-state index in [2.05, 4.69) is 45.7 Å².